The smallest absolute Gasteiger partial charge is 0.231 e. The van der Waals surface area contributed by atoms with E-state index in [1.54, 1.807) is 10.8 Å². The lowest BCUT2D eigenvalue weighted by molar-refractivity contribution is 0.456. The van der Waals surface area contributed by atoms with Crippen molar-refractivity contribution in [2.75, 3.05) is 5.32 Å². The number of nitrogens with one attached hydrogen (secondary N) is 1. The van der Waals surface area contributed by atoms with Crippen LogP contribution in [0.5, 0.6) is 5.88 Å². The maximum Gasteiger partial charge on any atom is 0.231 e. The van der Waals surface area contributed by atoms with Crippen LogP contribution in [0, 0.1) is 0 Å². The maximum absolute atomic E-state index is 9.31. The number of imidazole rings is 1. The van der Waals surface area contributed by atoms with Gasteiger partial charge in [-0.05, 0) is 12.1 Å². The molecule has 0 saturated heterocycles. The third-order valence-corrected chi connectivity index (χ3v) is 2.82. The Bertz CT molecular complexity index is 535. The van der Waals surface area contributed by atoms with Crippen molar-refractivity contribution in [1.29, 1.82) is 0 Å². The Morgan fingerprint density at radius 2 is 2.33 bits per heavy atom. The lowest BCUT2D eigenvalue weighted by Crippen LogP contribution is -2.14. The van der Waals surface area contributed by atoms with Crippen LogP contribution in [0.4, 0.5) is 5.95 Å². The summed E-state index contributed by atoms with van der Waals surface area (Å²) in [5.41, 5.74) is 1.98. The van der Waals surface area contributed by atoms with Crippen molar-refractivity contribution in [3.8, 4) is 11.6 Å². The van der Waals surface area contributed by atoms with Gasteiger partial charge in [0, 0.05) is 17.1 Å². The number of anilines is 1. The number of hydrogen-bond donors (Lipinski definition) is 2. The summed E-state index contributed by atoms with van der Waals surface area (Å²) < 4.78 is 1.79. The van der Waals surface area contributed by atoms with E-state index in [9.17, 15) is 5.11 Å². The van der Waals surface area contributed by atoms with Gasteiger partial charge in [-0.2, -0.15) is 4.98 Å². The van der Waals surface area contributed by atoms with E-state index in [2.05, 4.69) is 10.3 Å². The molecule has 0 saturated carbocycles. The summed E-state index contributed by atoms with van der Waals surface area (Å²) in [6.07, 6.45) is 1.57. The van der Waals surface area contributed by atoms with Crippen molar-refractivity contribution in [1.82, 2.24) is 9.55 Å². The molecule has 2 aromatic rings. The van der Waals surface area contributed by atoms with Crippen molar-refractivity contribution in [3.63, 3.8) is 0 Å². The third kappa shape index (κ3) is 1.18. The van der Waals surface area contributed by atoms with Crippen LogP contribution < -0.4 is 5.32 Å². The first kappa shape index (κ1) is 8.61. The van der Waals surface area contributed by atoms with Crippen LogP contribution in [0.2, 0.25) is 5.02 Å². The summed E-state index contributed by atoms with van der Waals surface area (Å²) in [6, 6.07) is 5.68. The number of fused-ring (bicyclic) bond motifs is 3. The van der Waals surface area contributed by atoms with Crippen molar-refractivity contribution in [2.24, 2.45) is 0 Å². The molecule has 4 nitrogen and oxygen atoms in total. The zero-order chi connectivity index (χ0) is 10.4. The molecular formula is C10H8ClN3O. The molecule has 0 fully saturated rings. The molecular weight excluding hydrogens is 214 g/mol. The highest BCUT2D eigenvalue weighted by atomic mass is 35.5. The molecule has 2 N–H and O–H groups in total. The number of hydrogen-bond acceptors (Lipinski definition) is 3. The summed E-state index contributed by atoms with van der Waals surface area (Å²) in [5.74, 6) is 0.646. The van der Waals surface area contributed by atoms with Crippen LogP contribution in [-0.4, -0.2) is 14.7 Å². The molecule has 3 rings (SSSR count). The minimum atomic E-state index is 0.00493. The average Bonchev–Trinajstić information content (AvgIpc) is 2.59. The first-order valence-electron chi connectivity index (χ1n) is 4.56. The number of rotatable bonds is 0. The quantitative estimate of drug-likeness (QED) is 0.717. The molecule has 15 heavy (non-hydrogen) atoms. The summed E-state index contributed by atoms with van der Waals surface area (Å²) in [4.78, 5) is 3.94. The molecule has 0 unspecified atom stereocenters. The van der Waals surface area contributed by atoms with Gasteiger partial charge < -0.3 is 10.4 Å². The number of aromatic nitrogens is 2. The van der Waals surface area contributed by atoms with Gasteiger partial charge in [0.2, 0.25) is 11.8 Å². The predicted octanol–water partition coefficient (Wildman–Crippen LogP) is 2.16. The van der Waals surface area contributed by atoms with E-state index in [-0.39, 0.29) is 5.88 Å². The Kier molecular flexibility index (Phi) is 1.67. The van der Waals surface area contributed by atoms with Crippen molar-refractivity contribution < 1.29 is 5.11 Å². The van der Waals surface area contributed by atoms with Crippen LogP contribution >= 0.6 is 11.6 Å². The first-order valence-corrected chi connectivity index (χ1v) is 4.93. The van der Waals surface area contributed by atoms with Gasteiger partial charge in [0.1, 0.15) is 0 Å². The fourth-order valence-electron chi connectivity index (χ4n) is 1.79. The lowest BCUT2D eigenvalue weighted by atomic mass is 10.1. The zero-order valence-electron chi connectivity index (χ0n) is 7.74. The normalized spacial score (nSPS) is 12.9. The summed E-state index contributed by atoms with van der Waals surface area (Å²) in [6.45, 7) is 0.630. The highest BCUT2D eigenvalue weighted by molar-refractivity contribution is 6.31. The second kappa shape index (κ2) is 2.90. The Morgan fingerprint density at radius 1 is 1.47 bits per heavy atom. The van der Waals surface area contributed by atoms with Gasteiger partial charge >= 0.3 is 0 Å². The fourth-order valence-corrected chi connectivity index (χ4v) is 2.03. The molecule has 1 aromatic heterocycles. The highest BCUT2D eigenvalue weighted by Gasteiger charge is 2.18. The molecule has 0 amide bonds. The van der Waals surface area contributed by atoms with E-state index < -0.39 is 0 Å². The van der Waals surface area contributed by atoms with E-state index >= 15 is 0 Å². The number of aromatic hydroxyl groups is 1. The molecule has 1 aromatic carbocycles. The van der Waals surface area contributed by atoms with Crippen LogP contribution in [0.25, 0.3) is 5.69 Å². The van der Waals surface area contributed by atoms with Gasteiger partial charge in [-0.3, -0.25) is 4.57 Å². The van der Waals surface area contributed by atoms with Gasteiger partial charge in [-0.15, -0.1) is 0 Å². The minimum Gasteiger partial charge on any atom is -0.492 e. The Labute approximate surface area is 91.1 Å². The predicted molar refractivity (Wildman–Crippen MR) is 57.6 cm³/mol. The van der Waals surface area contributed by atoms with E-state index in [0.29, 0.717) is 12.5 Å². The Hall–Kier alpha value is -1.68. The highest BCUT2D eigenvalue weighted by Crippen LogP contribution is 2.31. The summed E-state index contributed by atoms with van der Waals surface area (Å²) in [7, 11) is 0. The standard InChI is InChI=1S/C10H8ClN3O/c11-7-2-1-3-8-6(7)4-12-10-13-9(15)5-14(8)10/h1-3,5,15H,4H2,(H,12,13). The molecule has 1 aliphatic heterocycles. The van der Waals surface area contributed by atoms with Crippen LogP contribution in [0.15, 0.2) is 24.4 Å². The van der Waals surface area contributed by atoms with E-state index in [1.807, 2.05) is 18.2 Å². The molecule has 0 radical (unpaired) electrons. The molecule has 1 aliphatic rings. The Balaban J connectivity index is 2.29. The van der Waals surface area contributed by atoms with Gasteiger partial charge in [0.05, 0.1) is 11.9 Å². The molecule has 5 heteroatoms. The molecule has 0 bridgehead atoms. The largest absolute Gasteiger partial charge is 0.492 e. The molecule has 2 heterocycles. The SMILES string of the molecule is Oc1cn2c(n1)NCc1c(Cl)cccc1-2. The lowest BCUT2D eigenvalue weighted by Gasteiger charge is -2.20. The van der Waals surface area contributed by atoms with Crippen LogP contribution in [0.3, 0.4) is 0 Å². The van der Waals surface area contributed by atoms with Crippen molar-refractivity contribution in [2.45, 2.75) is 6.54 Å². The monoisotopic (exact) mass is 221 g/mol. The summed E-state index contributed by atoms with van der Waals surface area (Å²) >= 11 is 6.08. The summed E-state index contributed by atoms with van der Waals surface area (Å²) in [5, 5.41) is 13.1. The number of halogens is 1. The van der Waals surface area contributed by atoms with Crippen LogP contribution in [-0.2, 0) is 6.54 Å². The molecule has 0 spiro atoms. The second-order valence-corrected chi connectivity index (χ2v) is 3.79. The molecule has 0 atom stereocenters. The van der Waals surface area contributed by atoms with Crippen LogP contribution in [0.1, 0.15) is 5.56 Å². The minimum absolute atomic E-state index is 0.00493. The topological polar surface area (TPSA) is 50.1 Å². The third-order valence-electron chi connectivity index (χ3n) is 2.47. The average molecular weight is 222 g/mol. The Morgan fingerprint density at radius 3 is 3.20 bits per heavy atom. The molecule has 76 valence electrons. The van der Waals surface area contributed by atoms with Gasteiger partial charge in [0.15, 0.2) is 0 Å². The van der Waals surface area contributed by atoms with Gasteiger partial charge in [-0.1, -0.05) is 17.7 Å². The van der Waals surface area contributed by atoms with E-state index in [1.165, 1.54) is 0 Å². The number of nitrogens with zero attached hydrogens (tertiary/aromatic N) is 2. The van der Waals surface area contributed by atoms with Crippen molar-refractivity contribution >= 4 is 17.5 Å². The zero-order valence-corrected chi connectivity index (χ0v) is 8.49. The first-order chi connectivity index (χ1) is 7.25. The second-order valence-electron chi connectivity index (χ2n) is 3.38. The fraction of sp³-hybridized carbons (Fsp3) is 0.100. The van der Waals surface area contributed by atoms with E-state index in [4.69, 9.17) is 11.6 Å². The maximum atomic E-state index is 9.31. The van der Waals surface area contributed by atoms with E-state index in [0.717, 1.165) is 16.3 Å². The molecule has 0 aliphatic carbocycles. The number of benzene rings is 1. The van der Waals surface area contributed by atoms with Gasteiger partial charge in [-0.25, -0.2) is 0 Å². The van der Waals surface area contributed by atoms with Crippen molar-refractivity contribution in [3.05, 3.63) is 35.0 Å². The van der Waals surface area contributed by atoms with Gasteiger partial charge in [0.25, 0.3) is 0 Å².